The summed E-state index contributed by atoms with van der Waals surface area (Å²) in [5.74, 6) is -2.60. The predicted octanol–water partition coefficient (Wildman–Crippen LogP) is 4.69. The number of nitrogens with zero attached hydrogens (tertiary/aromatic N) is 1. The summed E-state index contributed by atoms with van der Waals surface area (Å²) in [6.45, 7) is -1.93. The number of amides is 1. The normalized spacial score (nSPS) is 10.8. The molecule has 1 aromatic heterocycles. The number of ether oxygens (including phenoxy) is 2. The van der Waals surface area contributed by atoms with E-state index in [1.54, 1.807) is 6.07 Å². The summed E-state index contributed by atoms with van der Waals surface area (Å²) in [7, 11) is 0. The Kier molecular flexibility index (Phi) is 6.01. The van der Waals surface area contributed by atoms with Crippen LogP contribution in [0, 0.1) is 18.6 Å². The molecule has 10 heteroatoms. The van der Waals surface area contributed by atoms with Gasteiger partial charge in [0.05, 0.1) is 11.3 Å². The minimum atomic E-state index is -3.22. The van der Waals surface area contributed by atoms with Crippen molar-refractivity contribution in [1.29, 1.82) is 0 Å². The molecular formula is C19H14F4N2O4. The Labute approximate surface area is 162 Å². The van der Waals surface area contributed by atoms with E-state index in [0.29, 0.717) is 6.07 Å². The molecule has 6 nitrogen and oxygen atoms in total. The molecule has 0 saturated carbocycles. The van der Waals surface area contributed by atoms with Crippen LogP contribution in [-0.4, -0.2) is 17.7 Å². The maximum absolute atomic E-state index is 13.7. The second-order valence-electron chi connectivity index (χ2n) is 5.76. The fourth-order valence-electron chi connectivity index (χ4n) is 2.43. The van der Waals surface area contributed by atoms with Gasteiger partial charge < -0.3 is 19.3 Å². The van der Waals surface area contributed by atoms with Gasteiger partial charge in [0.25, 0.3) is 5.91 Å². The number of rotatable bonds is 7. The number of hydrogen-bond donors (Lipinski definition) is 1. The maximum atomic E-state index is 13.7. The van der Waals surface area contributed by atoms with Crippen LogP contribution >= 0.6 is 0 Å². The van der Waals surface area contributed by atoms with Crippen molar-refractivity contribution in [3.05, 3.63) is 71.1 Å². The van der Waals surface area contributed by atoms with E-state index in [0.717, 1.165) is 12.1 Å². The lowest BCUT2D eigenvalue weighted by molar-refractivity contribution is -0.0495. The summed E-state index contributed by atoms with van der Waals surface area (Å²) in [6.07, 6.45) is 0. The molecule has 3 rings (SSSR count). The second-order valence-corrected chi connectivity index (χ2v) is 5.76. The Morgan fingerprint density at radius 3 is 2.66 bits per heavy atom. The van der Waals surface area contributed by atoms with Crippen molar-refractivity contribution in [2.24, 2.45) is 0 Å². The number of nitrogens with one attached hydrogen (secondary N) is 1. The number of anilines is 1. The Morgan fingerprint density at radius 2 is 1.93 bits per heavy atom. The lowest BCUT2D eigenvalue weighted by Gasteiger charge is -2.12. The monoisotopic (exact) mass is 410 g/mol. The van der Waals surface area contributed by atoms with Gasteiger partial charge in [-0.05, 0) is 31.2 Å². The molecular weight excluding hydrogens is 396 g/mol. The maximum Gasteiger partial charge on any atom is 0.387 e. The number of aromatic nitrogens is 1. The van der Waals surface area contributed by atoms with Gasteiger partial charge in [-0.2, -0.15) is 8.78 Å². The Bertz CT molecular complexity index is 1020. The van der Waals surface area contributed by atoms with Crippen molar-refractivity contribution in [2.45, 2.75) is 20.1 Å². The molecule has 1 amide bonds. The largest absolute Gasteiger partial charge is 0.486 e. The van der Waals surface area contributed by atoms with E-state index >= 15 is 0 Å². The number of alkyl halides is 2. The van der Waals surface area contributed by atoms with Gasteiger partial charge in [0.15, 0.2) is 23.0 Å². The Balaban J connectivity index is 1.80. The molecule has 152 valence electrons. The highest BCUT2D eigenvalue weighted by molar-refractivity contribution is 6.04. The minimum Gasteiger partial charge on any atom is -0.486 e. The standard InChI is InChI=1S/C19H14F4N2O4/c1-10-12(9-27-15-5-3-2-4-13(15)21)17(25-29-10)18(26)24-14-7-6-11(20)8-16(14)28-19(22)23/h2-8,19H,9H2,1H3,(H,24,26). The van der Waals surface area contributed by atoms with Crippen LogP contribution in [-0.2, 0) is 6.61 Å². The third-order valence-electron chi connectivity index (χ3n) is 3.82. The lowest BCUT2D eigenvalue weighted by Crippen LogP contribution is -2.17. The number of carbonyl (C=O) groups is 1. The molecule has 29 heavy (non-hydrogen) atoms. The fourth-order valence-corrected chi connectivity index (χ4v) is 2.43. The van der Waals surface area contributed by atoms with Crippen LogP contribution in [0.5, 0.6) is 11.5 Å². The van der Waals surface area contributed by atoms with E-state index < -0.39 is 29.9 Å². The zero-order valence-corrected chi connectivity index (χ0v) is 14.9. The van der Waals surface area contributed by atoms with Crippen LogP contribution in [0.2, 0.25) is 0 Å². The summed E-state index contributed by atoms with van der Waals surface area (Å²) < 4.78 is 66.6. The van der Waals surface area contributed by atoms with E-state index in [9.17, 15) is 22.4 Å². The van der Waals surface area contributed by atoms with Crippen LogP contribution in [0.3, 0.4) is 0 Å². The van der Waals surface area contributed by atoms with Crippen LogP contribution < -0.4 is 14.8 Å². The molecule has 0 aliphatic carbocycles. The van der Waals surface area contributed by atoms with Gasteiger partial charge in [-0.25, -0.2) is 8.78 Å². The fraction of sp³-hybridized carbons (Fsp3) is 0.158. The molecule has 0 saturated heterocycles. The first-order valence-corrected chi connectivity index (χ1v) is 8.23. The number of para-hydroxylation sites is 1. The van der Waals surface area contributed by atoms with E-state index in [1.807, 2.05) is 0 Å². The smallest absolute Gasteiger partial charge is 0.387 e. The van der Waals surface area contributed by atoms with Gasteiger partial charge in [0.1, 0.15) is 18.2 Å². The van der Waals surface area contributed by atoms with Crippen LogP contribution in [0.25, 0.3) is 0 Å². The number of carbonyl (C=O) groups excluding carboxylic acids is 1. The lowest BCUT2D eigenvalue weighted by atomic mass is 10.2. The summed E-state index contributed by atoms with van der Waals surface area (Å²) in [4.78, 5) is 12.5. The third kappa shape index (κ3) is 4.84. The Hall–Kier alpha value is -3.56. The quantitative estimate of drug-likeness (QED) is 0.572. The van der Waals surface area contributed by atoms with Crippen molar-refractivity contribution in [1.82, 2.24) is 5.16 Å². The highest BCUT2D eigenvalue weighted by Crippen LogP contribution is 2.28. The van der Waals surface area contributed by atoms with Crippen LogP contribution in [0.1, 0.15) is 21.8 Å². The van der Waals surface area contributed by atoms with Gasteiger partial charge in [0, 0.05) is 6.07 Å². The molecule has 1 heterocycles. The zero-order chi connectivity index (χ0) is 21.0. The number of benzene rings is 2. The second kappa shape index (κ2) is 8.63. The van der Waals surface area contributed by atoms with E-state index in [4.69, 9.17) is 9.26 Å². The number of halogens is 4. The molecule has 0 bridgehead atoms. The molecule has 3 aromatic rings. The molecule has 0 aliphatic rings. The molecule has 0 radical (unpaired) electrons. The molecule has 0 atom stereocenters. The number of hydrogen-bond acceptors (Lipinski definition) is 5. The summed E-state index contributed by atoms with van der Waals surface area (Å²) in [6, 6.07) is 8.42. The molecule has 1 N–H and O–H groups in total. The van der Waals surface area contributed by atoms with E-state index in [1.165, 1.54) is 25.1 Å². The van der Waals surface area contributed by atoms with Crippen molar-refractivity contribution in [3.63, 3.8) is 0 Å². The highest BCUT2D eigenvalue weighted by atomic mass is 19.3. The molecule has 2 aromatic carbocycles. The number of aryl methyl sites for hydroxylation is 1. The average Bonchev–Trinajstić information content (AvgIpc) is 3.03. The third-order valence-corrected chi connectivity index (χ3v) is 3.82. The average molecular weight is 410 g/mol. The first-order valence-electron chi connectivity index (χ1n) is 8.23. The van der Waals surface area contributed by atoms with Crippen molar-refractivity contribution in [2.75, 3.05) is 5.32 Å². The first kappa shape index (κ1) is 20.2. The summed E-state index contributed by atoms with van der Waals surface area (Å²) in [5, 5.41) is 5.94. The topological polar surface area (TPSA) is 73.6 Å². The molecule has 0 spiro atoms. The van der Waals surface area contributed by atoms with Crippen LogP contribution in [0.4, 0.5) is 23.2 Å². The van der Waals surface area contributed by atoms with Gasteiger partial charge >= 0.3 is 6.61 Å². The van der Waals surface area contributed by atoms with E-state index in [-0.39, 0.29) is 35.1 Å². The van der Waals surface area contributed by atoms with Crippen molar-refractivity contribution in [3.8, 4) is 11.5 Å². The molecule has 0 fully saturated rings. The first-order chi connectivity index (χ1) is 13.8. The molecule has 0 unspecified atom stereocenters. The van der Waals surface area contributed by atoms with Gasteiger partial charge in [0.2, 0.25) is 0 Å². The van der Waals surface area contributed by atoms with Crippen LogP contribution in [0.15, 0.2) is 47.0 Å². The van der Waals surface area contributed by atoms with Gasteiger partial charge in [-0.1, -0.05) is 17.3 Å². The molecule has 0 aliphatic heterocycles. The van der Waals surface area contributed by atoms with Gasteiger partial charge in [-0.3, -0.25) is 4.79 Å². The SMILES string of the molecule is Cc1onc(C(=O)Nc2ccc(F)cc2OC(F)F)c1COc1ccccc1F. The zero-order valence-electron chi connectivity index (χ0n) is 14.9. The highest BCUT2D eigenvalue weighted by Gasteiger charge is 2.22. The Morgan fingerprint density at radius 1 is 1.17 bits per heavy atom. The summed E-state index contributed by atoms with van der Waals surface area (Å²) in [5.41, 5.74) is -0.173. The van der Waals surface area contributed by atoms with E-state index in [2.05, 4.69) is 15.2 Å². The minimum absolute atomic E-state index is 0.0365. The predicted molar refractivity (Wildman–Crippen MR) is 93.0 cm³/mol. The summed E-state index contributed by atoms with van der Waals surface area (Å²) >= 11 is 0. The van der Waals surface area contributed by atoms with Gasteiger partial charge in [-0.15, -0.1) is 0 Å². The van der Waals surface area contributed by atoms with Crippen molar-refractivity contribution >= 4 is 11.6 Å². The van der Waals surface area contributed by atoms with Crippen molar-refractivity contribution < 1.29 is 36.4 Å².